The third-order valence-electron chi connectivity index (χ3n) is 6.56. The van der Waals surface area contributed by atoms with Crippen LogP contribution in [0, 0.1) is 11.8 Å². The smallest absolute Gasteiger partial charge is 0.131 e. The highest BCUT2D eigenvalue weighted by Gasteiger charge is 2.51. The monoisotopic (exact) mass is 339 g/mol. The second-order valence-electron chi connectivity index (χ2n) is 7.87. The Morgan fingerprint density at radius 3 is 2.96 bits per heavy atom. The number of quaternary nitrogens is 1. The molecule has 132 valence electrons. The van der Waals surface area contributed by atoms with E-state index in [0.29, 0.717) is 11.8 Å². The molecule has 4 nitrogen and oxygen atoms in total. The van der Waals surface area contributed by atoms with Gasteiger partial charge < -0.3 is 14.3 Å². The average Bonchev–Trinajstić information content (AvgIpc) is 2.66. The quantitative estimate of drug-likeness (QED) is 0.686. The second kappa shape index (κ2) is 6.11. The van der Waals surface area contributed by atoms with Crippen LogP contribution in [0.4, 0.5) is 0 Å². The first kappa shape index (κ1) is 16.6. The van der Waals surface area contributed by atoms with Crippen molar-refractivity contribution in [2.45, 2.75) is 25.0 Å². The molecule has 3 saturated heterocycles. The number of pyridine rings is 1. The summed E-state index contributed by atoms with van der Waals surface area (Å²) in [6.07, 6.45) is 5.73. The van der Waals surface area contributed by atoms with E-state index in [4.69, 9.17) is 4.74 Å². The molecule has 2 aromatic rings. The molecule has 3 aliphatic rings. The molecule has 5 atom stereocenters. The number of piperidine rings is 3. The molecule has 3 fully saturated rings. The molecule has 1 aromatic heterocycles. The molecule has 3 aliphatic heterocycles. The molecule has 0 aliphatic carbocycles. The molecule has 0 radical (unpaired) electrons. The van der Waals surface area contributed by atoms with Gasteiger partial charge in [-0.2, -0.15) is 0 Å². The van der Waals surface area contributed by atoms with Crippen molar-refractivity contribution < 1.29 is 14.3 Å². The number of methoxy groups -OCH3 is 1. The van der Waals surface area contributed by atoms with E-state index in [9.17, 15) is 5.11 Å². The number of aromatic nitrogens is 1. The lowest BCUT2D eigenvalue weighted by atomic mass is 9.72. The van der Waals surface area contributed by atoms with Crippen molar-refractivity contribution in [3.63, 3.8) is 0 Å². The number of nitrogens with zero attached hydrogens (tertiary/aromatic N) is 2. The van der Waals surface area contributed by atoms with E-state index < -0.39 is 6.10 Å². The summed E-state index contributed by atoms with van der Waals surface area (Å²) in [7, 11) is 3.96. The molecule has 2 bridgehead atoms. The van der Waals surface area contributed by atoms with Gasteiger partial charge in [-0.25, -0.2) is 0 Å². The fourth-order valence-electron chi connectivity index (χ4n) is 5.03. The Kier molecular flexibility index (Phi) is 4.05. The van der Waals surface area contributed by atoms with E-state index in [2.05, 4.69) is 24.7 Å². The van der Waals surface area contributed by atoms with E-state index >= 15 is 0 Å². The maximum absolute atomic E-state index is 11.3. The highest BCUT2D eigenvalue weighted by molar-refractivity contribution is 5.83. The summed E-state index contributed by atoms with van der Waals surface area (Å²) in [6.45, 7) is 6.26. The van der Waals surface area contributed by atoms with E-state index in [-0.39, 0.29) is 6.04 Å². The molecular formula is C21H27N2O2+. The van der Waals surface area contributed by atoms with Gasteiger partial charge in [0.05, 0.1) is 32.8 Å². The van der Waals surface area contributed by atoms with Crippen LogP contribution in [0.2, 0.25) is 0 Å². The molecule has 25 heavy (non-hydrogen) atoms. The summed E-state index contributed by atoms with van der Waals surface area (Å²) < 4.78 is 6.31. The van der Waals surface area contributed by atoms with Crippen LogP contribution in [0.5, 0.6) is 5.75 Å². The van der Waals surface area contributed by atoms with Gasteiger partial charge in [0.2, 0.25) is 0 Å². The Morgan fingerprint density at radius 1 is 1.40 bits per heavy atom. The van der Waals surface area contributed by atoms with Crippen molar-refractivity contribution in [2.24, 2.45) is 11.8 Å². The first-order valence-electron chi connectivity index (χ1n) is 9.13. The number of likely N-dealkylation sites (N-methyl/N-ethyl adjacent to an activating group) is 1. The predicted octanol–water partition coefficient (Wildman–Crippen LogP) is 3.32. The minimum absolute atomic E-state index is 0.228. The van der Waals surface area contributed by atoms with E-state index in [1.165, 1.54) is 6.42 Å². The van der Waals surface area contributed by atoms with Crippen molar-refractivity contribution in [1.82, 2.24) is 4.98 Å². The zero-order valence-corrected chi connectivity index (χ0v) is 15.1. The van der Waals surface area contributed by atoms with Gasteiger partial charge in [-0.3, -0.25) is 4.98 Å². The molecule has 1 aromatic carbocycles. The van der Waals surface area contributed by atoms with Crippen LogP contribution in [-0.2, 0) is 0 Å². The Bertz CT molecular complexity index is 806. The van der Waals surface area contributed by atoms with Gasteiger partial charge in [0.25, 0.3) is 0 Å². The van der Waals surface area contributed by atoms with Crippen LogP contribution in [0.3, 0.4) is 0 Å². The lowest BCUT2D eigenvalue weighted by molar-refractivity contribution is -0.956. The Balaban J connectivity index is 1.73. The SMILES string of the molecule is C=C[C@@H]1C[N@@+]2(C)CC[C@H]1C[C@H]2[C@@H](O)c1ccnc2ccc(OC)cc12. The van der Waals surface area contributed by atoms with Crippen LogP contribution in [0.1, 0.15) is 24.5 Å². The number of hydrogen-bond acceptors (Lipinski definition) is 3. The lowest BCUT2D eigenvalue weighted by Crippen LogP contribution is -2.66. The Hall–Kier alpha value is -1.91. The second-order valence-corrected chi connectivity index (χ2v) is 7.87. The molecule has 0 spiro atoms. The zero-order valence-electron chi connectivity index (χ0n) is 15.1. The number of hydrogen-bond donors (Lipinski definition) is 1. The van der Waals surface area contributed by atoms with Crippen LogP contribution >= 0.6 is 0 Å². The van der Waals surface area contributed by atoms with E-state index in [1.54, 1.807) is 13.3 Å². The Morgan fingerprint density at radius 2 is 2.24 bits per heavy atom. The summed E-state index contributed by atoms with van der Waals surface area (Å²) in [6, 6.07) is 8.06. The van der Waals surface area contributed by atoms with Gasteiger partial charge >= 0.3 is 0 Å². The number of benzene rings is 1. The van der Waals surface area contributed by atoms with Crippen LogP contribution in [0.15, 0.2) is 43.1 Å². The van der Waals surface area contributed by atoms with Crippen molar-refractivity contribution in [3.05, 3.63) is 48.7 Å². The summed E-state index contributed by atoms with van der Waals surface area (Å²) in [5, 5.41) is 12.3. The van der Waals surface area contributed by atoms with Gasteiger partial charge in [0, 0.05) is 30.3 Å². The van der Waals surface area contributed by atoms with Crippen molar-refractivity contribution >= 4 is 10.9 Å². The third-order valence-corrected chi connectivity index (χ3v) is 6.56. The van der Waals surface area contributed by atoms with Gasteiger partial charge in [-0.1, -0.05) is 6.08 Å². The fourth-order valence-corrected chi connectivity index (χ4v) is 5.03. The van der Waals surface area contributed by atoms with Gasteiger partial charge in [0.1, 0.15) is 17.9 Å². The summed E-state index contributed by atoms with van der Waals surface area (Å²) in [5.41, 5.74) is 1.87. The minimum Gasteiger partial charge on any atom is -0.497 e. The van der Waals surface area contributed by atoms with E-state index in [1.807, 2.05) is 24.3 Å². The highest BCUT2D eigenvalue weighted by Crippen LogP contribution is 2.45. The largest absolute Gasteiger partial charge is 0.497 e. The maximum Gasteiger partial charge on any atom is 0.131 e. The number of rotatable bonds is 4. The number of aliphatic hydroxyl groups is 1. The van der Waals surface area contributed by atoms with Crippen LogP contribution in [0.25, 0.3) is 10.9 Å². The summed E-state index contributed by atoms with van der Waals surface area (Å²) >= 11 is 0. The minimum atomic E-state index is -0.490. The molecule has 4 heterocycles. The summed E-state index contributed by atoms with van der Waals surface area (Å²) in [5.74, 6) is 2.03. The molecule has 4 heteroatoms. The number of aliphatic hydroxyl groups excluding tert-OH is 1. The van der Waals surface area contributed by atoms with Crippen LogP contribution in [-0.4, -0.2) is 47.9 Å². The predicted molar refractivity (Wildman–Crippen MR) is 99.4 cm³/mol. The van der Waals surface area contributed by atoms with Crippen molar-refractivity contribution in [2.75, 3.05) is 27.2 Å². The first-order chi connectivity index (χ1) is 12.1. The molecule has 0 saturated carbocycles. The van der Waals surface area contributed by atoms with E-state index in [0.717, 1.165) is 46.2 Å². The van der Waals surface area contributed by atoms with Gasteiger partial charge in [-0.05, 0) is 35.7 Å². The first-order valence-corrected chi connectivity index (χ1v) is 9.13. The molecular weight excluding hydrogens is 312 g/mol. The highest BCUT2D eigenvalue weighted by atomic mass is 16.5. The molecule has 0 amide bonds. The van der Waals surface area contributed by atoms with Crippen molar-refractivity contribution in [3.8, 4) is 5.75 Å². The maximum atomic E-state index is 11.3. The van der Waals surface area contributed by atoms with Crippen LogP contribution < -0.4 is 4.74 Å². The number of fused-ring (bicyclic) bond motifs is 4. The Labute approximate surface area is 149 Å². The van der Waals surface area contributed by atoms with Gasteiger partial charge in [-0.15, -0.1) is 6.58 Å². The topological polar surface area (TPSA) is 42.4 Å². The fraction of sp³-hybridized carbons (Fsp3) is 0.476. The zero-order chi connectivity index (χ0) is 17.6. The third kappa shape index (κ3) is 2.64. The normalized spacial score (nSPS) is 32.5. The molecule has 0 unspecified atom stereocenters. The lowest BCUT2D eigenvalue weighted by Gasteiger charge is -2.56. The van der Waals surface area contributed by atoms with Crippen molar-refractivity contribution in [1.29, 1.82) is 0 Å². The molecule has 5 rings (SSSR count). The summed E-state index contributed by atoms with van der Waals surface area (Å²) in [4.78, 5) is 4.45. The standard InChI is InChI=1S/C21H27N2O2/c1-4-14-13-23(2)10-8-15(14)11-20(23)21(24)17-7-9-22-19-6-5-16(25-3)12-18(17)19/h4-7,9,12,14-15,20-21,24H,1,8,10-11,13H2,2-3H3/q+1/t14-,15+,20+,21+,23-/m1/s1. The molecule has 1 N–H and O–H groups in total. The average molecular weight is 339 g/mol. The van der Waals surface area contributed by atoms with Gasteiger partial charge in [0.15, 0.2) is 0 Å². The number of ether oxygens (including phenoxy) is 1.